The Morgan fingerprint density at radius 3 is 2.68 bits per heavy atom. The fraction of sp³-hybridized carbons (Fsp3) is 0.615. The molecule has 2 N–H and O–H groups in total. The van der Waals surface area contributed by atoms with Crippen molar-refractivity contribution in [2.24, 2.45) is 17.8 Å². The fourth-order valence-corrected chi connectivity index (χ4v) is 6.16. The number of alkyl halides is 4. The minimum atomic E-state index is -2.78. The van der Waals surface area contributed by atoms with Crippen LogP contribution in [0.2, 0.25) is 0 Å². The van der Waals surface area contributed by atoms with Crippen LogP contribution < -0.4 is 10.6 Å². The van der Waals surface area contributed by atoms with Gasteiger partial charge in [0.1, 0.15) is 5.69 Å². The zero-order valence-electron chi connectivity index (χ0n) is 21.9. The van der Waals surface area contributed by atoms with E-state index >= 15 is 0 Å². The highest BCUT2D eigenvalue weighted by Crippen LogP contribution is 2.55. The van der Waals surface area contributed by atoms with E-state index in [1.165, 1.54) is 15.6 Å². The highest BCUT2D eigenvalue weighted by molar-refractivity contribution is 5.93. The minimum Gasteiger partial charge on any atom is -0.342 e. The van der Waals surface area contributed by atoms with Crippen molar-refractivity contribution >= 4 is 17.6 Å². The van der Waals surface area contributed by atoms with Gasteiger partial charge in [0.25, 0.3) is 11.8 Å². The van der Waals surface area contributed by atoms with E-state index in [1.54, 1.807) is 12.3 Å². The molecule has 4 fully saturated rings. The number of hydrogen-bond acceptors (Lipinski definition) is 7. The van der Waals surface area contributed by atoms with E-state index < -0.39 is 41.7 Å². The summed E-state index contributed by atoms with van der Waals surface area (Å²) >= 11 is 0. The highest BCUT2D eigenvalue weighted by Gasteiger charge is 2.69. The van der Waals surface area contributed by atoms with Crippen LogP contribution in [0.25, 0.3) is 5.65 Å². The van der Waals surface area contributed by atoms with Crippen LogP contribution in [0.4, 0.5) is 22.4 Å². The Labute approximate surface area is 231 Å². The Hall–Kier alpha value is -3.78. The van der Waals surface area contributed by atoms with Crippen LogP contribution in [0.5, 0.6) is 0 Å². The Balaban J connectivity index is 1.14. The van der Waals surface area contributed by atoms with Gasteiger partial charge in [-0.1, -0.05) is 5.16 Å². The van der Waals surface area contributed by atoms with Crippen molar-refractivity contribution in [1.82, 2.24) is 40.4 Å². The molecule has 3 aromatic heterocycles. The molecule has 3 atom stereocenters. The van der Waals surface area contributed by atoms with Gasteiger partial charge in [0.2, 0.25) is 5.92 Å². The lowest BCUT2D eigenvalue weighted by Crippen LogP contribution is -2.40. The SMILES string of the molecule is O=C(N[C@H](c1cn2ncc(CN3C[C@H]4[C@@H](CNC3=O)C4(F)F)cc2n1)C1CCC(F)(F)CC1)c1nonc1C1CC1. The van der Waals surface area contributed by atoms with Gasteiger partial charge in [-0.05, 0) is 48.4 Å². The summed E-state index contributed by atoms with van der Waals surface area (Å²) in [7, 11) is 0. The molecule has 0 aromatic carbocycles. The Kier molecular flexibility index (Phi) is 5.98. The number of aromatic nitrogens is 5. The first-order valence-electron chi connectivity index (χ1n) is 13.8. The molecule has 3 saturated carbocycles. The van der Waals surface area contributed by atoms with Crippen molar-refractivity contribution in [2.45, 2.75) is 68.9 Å². The first-order valence-corrected chi connectivity index (χ1v) is 13.8. The van der Waals surface area contributed by atoms with Crippen LogP contribution in [0.1, 0.15) is 77.9 Å². The molecule has 0 bridgehead atoms. The Morgan fingerprint density at radius 1 is 1.15 bits per heavy atom. The fourth-order valence-electron chi connectivity index (χ4n) is 6.16. The van der Waals surface area contributed by atoms with E-state index in [0.717, 1.165) is 12.8 Å². The molecule has 0 radical (unpaired) electrons. The average molecular weight is 577 g/mol. The number of imidazole rings is 1. The lowest BCUT2D eigenvalue weighted by Gasteiger charge is -2.33. The summed E-state index contributed by atoms with van der Waals surface area (Å²) in [6.45, 7) is -0.0486. The number of amides is 3. The van der Waals surface area contributed by atoms with Crippen molar-refractivity contribution in [3.8, 4) is 0 Å². The lowest BCUT2D eigenvalue weighted by molar-refractivity contribution is -0.0495. The summed E-state index contributed by atoms with van der Waals surface area (Å²) in [4.78, 5) is 31.7. The van der Waals surface area contributed by atoms with Crippen LogP contribution in [-0.2, 0) is 6.54 Å². The van der Waals surface area contributed by atoms with Gasteiger partial charge < -0.3 is 15.5 Å². The monoisotopic (exact) mass is 576 g/mol. The predicted molar refractivity (Wildman–Crippen MR) is 132 cm³/mol. The second-order valence-corrected chi connectivity index (χ2v) is 11.7. The van der Waals surface area contributed by atoms with Gasteiger partial charge in [-0.15, -0.1) is 0 Å². The lowest BCUT2D eigenvalue weighted by atomic mass is 9.81. The summed E-state index contributed by atoms with van der Waals surface area (Å²) in [6.07, 6.45) is 4.72. The number of halogens is 4. The Bertz CT molecular complexity index is 1490. The second kappa shape index (κ2) is 9.38. The molecule has 3 aromatic rings. The van der Waals surface area contributed by atoms with Gasteiger partial charge in [0.15, 0.2) is 11.3 Å². The molecule has 11 nitrogen and oxygen atoms in total. The zero-order chi connectivity index (χ0) is 28.5. The third-order valence-corrected chi connectivity index (χ3v) is 8.84. The number of nitrogens with one attached hydrogen (secondary N) is 2. The highest BCUT2D eigenvalue weighted by atomic mass is 19.3. The molecule has 3 aliphatic carbocycles. The Morgan fingerprint density at radius 2 is 1.93 bits per heavy atom. The number of nitrogens with zero attached hydrogens (tertiary/aromatic N) is 6. The maximum Gasteiger partial charge on any atom is 0.317 e. The molecule has 7 rings (SSSR count). The predicted octanol–water partition coefficient (Wildman–Crippen LogP) is 3.69. The number of rotatable bonds is 7. The summed E-state index contributed by atoms with van der Waals surface area (Å²) < 4.78 is 62.2. The molecule has 4 heterocycles. The summed E-state index contributed by atoms with van der Waals surface area (Å²) in [5.74, 6) is -7.94. The van der Waals surface area contributed by atoms with Crippen LogP contribution in [0.3, 0.4) is 0 Å². The average Bonchev–Trinajstić information content (AvgIpc) is 3.73. The largest absolute Gasteiger partial charge is 0.342 e. The zero-order valence-corrected chi connectivity index (χ0v) is 21.9. The first-order chi connectivity index (χ1) is 19.6. The quantitative estimate of drug-likeness (QED) is 0.410. The van der Waals surface area contributed by atoms with Gasteiger partial charge in [-0.25, -0.2) is 36.5 Å². The van der Waals surface area contributed by atoms with Crippen LogP contribution in [-0.4, -0.2) is 66.7 Å². The van der Waals surface area contributed by atoms with Crippen molar-refractivity contribution in [2.75, 3.05) is 13.1 Å². The standard InChI is InChI=1S/C26H28F4N8O3/c27-25(28)5-3-15(4-6-25)20(34-23(39)22-21(14-1-2-14)35-41-36-22)18-12-38-19(33-18)7-13(8-32-38)10-37-11-17-16(26(17,29)30)9-31-24(37)40/h7-8,12,14-17,20H,1-6,9-11H2,(H,31,40)(H,34,39)/t16-,17+,20+/m1/s1. The first kappa shape index (κ1) is 26.1. The molecule has 218 valence electrons. The van der Waals surface area contributed by atoms with Crippen LogP contribution >= 0.6 is 0 Å². The van der Waals surface area contributed by atoms with E-state index in [0.29, 0.717) is 22.6 Å². The van der Waals surface area contributed by atoms with E-state index in [2.05, 4.69) is 31.0 Å². The molecule has 4 aliphatic rings. The molecule has 1 saturated heterocycles. The van der Waals surface area contributed by atoms with E-state index in [-0.39, 0.29) is 62.8 Å². The molecule has 0 unspecified atom stereocenters. The smallest absolute Gasteiger partial charge is 0.317 e. The summed E-state index contributed by atoms with van der Waals surface area (Å²) in [5, 5.41) is 17.6. The number of carbonyl (C=O) groups excluding carboxylic acids is 2. The number of hydrogen-bond donors (Lipinski definition) is 2. The number of fused-ring (bicyclic) bond motifs is 2. The van der Waals surface area contributed by atoms with Crippen LogP contribution in [0, 0.1) is 17.8 Å². The normalized spacial score (nSPS) is 26.2. The molecule has 41 heavy (non-hydrogen) atoms. The van der Waals surface area contributed by atoms with E-state index in [4.69, 9.17) is 4.63 Å². The number of carbonyl (C=O) groups is 2. The van der Waals surface area contributed by atoms with Crippen LogP contribution in [0.15, 0.2) is 23.1 Å². The van der Waals surface area contributed by atoms with Crippen molar-refractivity contribution < 1.29 is 31.8 Å². The maximum absolute atomic E-state index is 14.0. The second-order valence-electron chi connectivity index (χ2n) is 11.7. The van der Waals surface area contributed by atoms with Gasteiger partial charge in [0, 0.05) is 38.4 Å². The molecule has 3 amide bonds. The summed E-state index contributed by atoms with van der Waals surface area (Å²) in [5.41, 5.74) is 2.01. The van der Waals surface area contributed by atoms with E-state index in [1.807, 2.05) is 0 Å². The van der Waals surface area contributed by atoms with Gasteiger partial charge in [0.05, 0.1) is 36.0 Å². The third-order valence-electron chi connectivity index (χ3n) is 8.84. The molecule has 15 heteroatoms. The summed E-state index contributed by atoms with van der Waals surface area (Å²) in [6, 6.07) is 0.581. The molecule has 0 spiro atoms. The van der Waals surface area contributed by atoms with Crippen molar-refractivity contribution in [1.29, 1.82) is 0 Å². The molecular formula is C26H28F4N8O3. The van der Waals surface area contributed by atoms with Crippen molar-refractivity contribution in [3.05, 3.63) is 41.1 Å². The molecule has 1 aliphatic heterocycles. The van der Waals surface area contributed by atoms with E-state index in [9.17, 15) is 27.2 Å². The topological polar surface area (TPSA) is 131 Å². The van der Waals surface area contributed by atoms with Gasteiger partial charge in [-0.2, -0.15) is 5.10 Å². The van der Waals surface area contributed by atoms with Gasteiger partial charge in [-0.3, -0.25) is 4.79 Å². The third kappa shape index (κ3) is 4.88. The maximum atomic E-state index is 14.0. The number of urea groups is 1. The van der Waals surface area contributed by atoms with Gasteiger partial charge >= 0.3 is 6.03 Å². The minimum absolute atomic E-state index is 0.0549. The molecular weight excluding hydrogens is 548 g/mol. The van der Waals surface area contributed by atoms with Crippen molar-refractivity contribution in [3.63, 3.8) is 0 Å².